The van der Waals surface area contributed by atoms with E-state index < -0.39 is 6.10 Å². The minimum Gasteiger partial charge on any atom is -0.390 e. The number of benzene rings is 1. The zero-order valence-corrected chi connectivity index (χ0v) is 14.4. The third-order valence-corrected chi connectivity index (χ3v) is 5.00. The number of amides is 1. The largest absolute Gasteiger partial charge is 0.390 e. The maximum absolute atomic E-state index is 12.7. The van der Waals surface area contributed by atoms with Gasteiger partial charge in [0.1, 0.15) is 0 Å². The van der Waals surface area contributed by atoms with Crippen LogP contribution in [0.5, 0.6) is 0 Å². The molecule has 134 valence electrons. The van der Waals surface area contributed by atoms with E-state index in [4.69, 9.17) is 4.74 Å². The number of carbonyl (C=O) groups is 1. The van der Waals surface area contributed by atoms with Crippen molar-refractivity contribution in [3.05, 3.63) is 35.4 Å². The van der Waals surface area contributed by atoms with E-state index in [1.54, 1.807) is 4.90 Å². The Hall–Kier alpha value is -1.94. The second-order valence-electron chi connectivity index (χ2n) is 6.83. The van der Waals surface area contributed by atoms with Crippen LogP contribution >= 0.6 is 0 Å². The molecule has 0 spiro atoms. The van der Waals surface area contributed by atoms with Crippen LogP contribution in [0.15, 0.2) is 24.3 Å². The highest BCUT2D eigenvalue weighted by molar-refractivity contribution is 5.79. The van der Waals surface area contributed by atoms with Gasteiger partial charge in [-0.3, -0.25) is 9.69 Å². The van der Waals surface area contributed by atoms with Crippen molar-refractivity contribution in [3.8, 4) is 6.07 Å². The summed E-state index contributed by atoms with van der Waals surface area (Å²) in [5.74, 6) is 0.161. The van der Waals surface area contributed by atoms with Crippen LogP contribution in [0.3, 0.4) is 0 Å². The first kappa shape index (κ1) is 17.9. The molecule has 0 aromatic heterocycles. The second-order valence-corrected chi connectivity index (χ2v) is 6.83. The van der Waals surface area contributed by atoms with Gasteiger partial charge in [0.15, 0.2) is 0 Å². The van der Waals surface area contributed by atoms with Crippen LogP contribution in [0, 0.1) is 17.2 Å². The van der Waals surface area contributed by atoms with Gasteiger partial charge in [0.25, 0.3) is 0 Å². The van der Waals surface area contributed by atoms with Gasteiger partial charge in [0, 0.05) is 51.9 Å². The number of hydrogen-bond acceptors (Lipinski definition) is 5. The van der Waals surface area contributed by atoms with Crippen LogP contribution < -0.4 is 0 Å². The molecule has 1 N–H and O–H groups in total. The fourth-order valence-electron chi connectivity index (χ4n) is 3.61. The van der Waals surface area contributed by atoms with Crippen molar-refractivity contribution < 1.29 is 14.6 Å². The van der Waals surface area contributed by atoms with E-state index in [2.05, 4.69) is 11.0 Å². The van der Waals surface area contributed by atoms with Gasteiger partial charge in [-0.25, -0.2) is 0 Å². The SMILES string of the molecule is N#Cc1ccccc1CN1CCN(C(=O)C2CCOCC2)CC(O)C1. The van der Waals surface area contributed by atoms with Crippen molar-refractivity contribution in [2.75, 3.05) is 39.4 Å². The fourth-order valence-corrected chi connectivity index (χ4v) is 3.61. The van der Waals surface area contributed by atoms with Crippen LogP contribution in [-0.4, -0.2) is 66.3 Å². The Morgan fingerprint density at radius 1 is 1.24 bits per heavy atom. The van der Waals surface area contributed by atoms with Gasteiger partial charge in [-0.1, -0.05) is 18.2 Å². The van der Waals surface area contributed by atoms with E-state index >= 15 is 0 Å². The Kier molecular flexibility index (Phi) is 6.03. The number of hydrogen-bond donors (Lipinski definition) is 1. The molecular formula is C19H25N3O3. The Labute approximate surface area is 148 Å². The average molecular weight is 343 g/mol. The summed E-state index contributed by atoms with van der Waals surface area (Å²) >= 11 is 0. The summed E-state index contributed by atoms with van der Waals surface area (Å²) in [6.45, 7) is 4.10. The van der Waals surface area contributed by atoms with Crippen LogP contribution in [0.4, 0.5) is 0 Å². The molecule has 2 aliphatic heterocycles. The number of rotatable bonds is 3. The summed E-state index contributed by atoms with van der Waals surface area (Å²) in [7, 11) is 0. The highest BCUT2D eigenvalue weighted by Gasteiger charge is 2.30. The van der Waals surface area contributed by atoms with Gasteiger partial charge in [-0.2, -0.15) is 5.26 Å². The first-order valence-electron chi connectivity index (χ1n) is 8.92. The van der Waals surface area contributed by atoms with E-state index in [9.17, 15) is 15.2 Å². The molecule has 1 unspecified atom stereocenters. The Morgan fingerprint density at radius 2 is 2.00 bits per heavy atom. The Morgan fingerprint density at radius 3 is 2.76 bits per heavy atom. The van der Waals surface area contributed by atoms with Crippen molar-refractivity contribution in [2.45, 2.75) is 25.5 Å². The summed E-state index contributed by atoms with van der Waals surface area (Å²) in [5, 5.41) is 19.6. The van der Waals surface area contributed by atoms with Crippen LogP contribution in [0.1, 0.15) is 24.0 Å². The van der Waals surface area contributed by atoms with Crippen molar-refractivity contribution in [1.29, 1.82) is 5.26 Å². The second kappa shape index (κ2) is 8.43. The monoisotopic (exact) mass is 343 g/mol. The minimum absolute atomic E-state index is 0.0202. The van der Waals surface area contributed by atoms with Crippen LogP contribution in [-0.2, 0) is 16.1 Å². The molecule has 2 heterocycles. The Bertz CT molecular complexity index is 637. The number of nitrogens with zero attached hydrogens (tertiary/aromatic N) is 3. The van der Waals surface area contributed by atoms with Gasteiger partial charge in [-0.15, -0.1) is 0 Å². The van der Waals surface area contributed by atoms with Gasteiger partial charge >= 0.3 is 0 Å². The van der Waals surface area contributed by atoms with E-state index in [0.29, 0.717) is 51.5 Å². The lowest BCUT2D eigenvalue weighted by atomic mass is 9.98. The van der Waals surface area contributed by atoms with E-state index in [1.807, 2.05) is 24.3 Å². The highest BCUT2D eigenvalue weighted by atomic mass is 16.5. The molecule has 0 bridgehead atoms. The number of aliphatic hydroxyl groups excluding tert-OH is 1. The zero-order chi connectivity index (χ0) is 17.6. The average Bonchev–Trinajstić information content (AvgIpc) is 2.83. The molecule has 1 amide bonds. The summed E-state index contributed by atoms with van der Waals surface area (Å²) in [4.78, 5) is 16.6. The summed E-state index contributed by atoms with van der Waals surface area (Å²) < 4.78 is 5.33. The molecule has 3 rings (SSSR count). The minimum atomic E-state index is -0.569. The third kappa shape index (κ3) is 4.57. The maximum atomic E-state index is 12.7. The predicted molar refractivity (Wildman–Crippen MR) is 92.6 cm³/mol. The molecule has 1 aromatic rings. The smallest absolute Gasteiger partial charge is 0.225 e. The molecule has 6 nitrogen and oxygen atoms in total. The molecular weight excluding hydrogens is 318 g/mol. The first-order chi connectivity index (χ1) is 12.2. The number of ether oxygens (including phenoxy) is 1. The number of nitriles is 1. The molecule has 2 fully saturated rings. The van der Waals surface area contributed by atoms with Gasteiger partial charge < -0.3 is 14.7 Å². The van der Waals surface area contributed by atoms with E-state index in [1.165, 1.54) is 0 Å². The number of carbonyl (C=O) groups excluding carboxylic acids is 1. The third-order valence-electron chi connectivity index (χ3n) is 5.00. The molecule has 0 aliphatic carbocycles. The van der Waals surface area contributed by atoms with Crippen molar-refractivity contribution in [3.63, 3.8) is 0 Å². The molecule has 1 atom stereocenters. The first-order valence-corrected chi connectivity index (χ1v) is 8.92. The summed E-state index contributed by atoms with van der Waals surface area (Å²) in [6.07, 6.45) is 0.968. The lowest BCUT2D eigenvalue weighted by molar-refractivity contribution is -0.139. The van der Waals surface area contributed by atoms with Crippen LogP contribution in [0.2, 0.25) is 0 Å². The molecule has 0 radical (unpaired) electrons. The fraction of sp³-hybridized carbons (Fsp3) is 0.579. The topological polar surface area (TPSA) is 76.8 Å². The zero-order valence-electron chi connectivity index (χ0n) is 14.4. The normalized spacial score (nSPS) is 23.0. The van der Waals surface area contributed by atoms with Crippen LogP contribution in [0.25, 0.3) is 0 Å². The van der Waals surface area contributed by atoms with E-state index in [0.717, 1.165) is 18.4 Å². The lowest BCUT2D eigenvalue weighted by Crippen LogP contribution is -2.42. The van der Waals surface area contributed by atoms with Gasteiger partial charge in [0.05, 0.1) is 17.7 Å². The predicted octanol–water partition coefficient (Wildman–Crippen LogP) is 0.990. The number of β-amino-alcohol motifs (C(OH)–C–C–N with tert-alkyl or cyclic N) is 1. The lowest BCUT2D eigenvalue weighted by Gasteiger charge is -2.29. The quantitative estimate of drug-likeness (QED) is 0.886. The molecule has 6 heteroatoms. The molecule has 1 aromatic carbocycles. The molecule has 25 heavy (non-hydrogen) atoms. The number of aliphatic hydroxyl groups is 1. The van der Waals surface area contributed by atoms with Gasteiger partial charge in [0.2, 0.25) is 5.91 Å². The maximum Gasteiger partial charge on any atom is 0.225 e. The van der Waals surface area contributed by atoms with E-state index in [-0.39, 0.29) is 11.8 Å². The van der Waals surface area contributed by atoms with Crippen molar-refractivity contribution in [1.82, 2.24) is 9.80 Å². The Balaban J connectivity index is 1.62. The molecule has 0 saturated carbocycles. The van der Waals surface area contributed by atoms with Crippen molar-refractivity contribution >= 4 is 5.91 Å². The summed E-state index contributed by atoms with van der Waals surface area (Å²) in [5.41, 5.74) is 1.62. The molecule has 2 saturated heterocycles. The van der Waals surface area contributed by atoms with Gasteiger partial charge in [-0.05, 0) is 24.5 Å². The molecule has 2 aliphatic rings. The highest BCUT2D eigenvalue weighted by Crippen LogP contribution is 2.19. The standard InChI is InChI=1S/C19H25N3O3/c20-11-16-3-1-2-4-17(16)12-21-7-8-22(14-18(23)13-21)19(24)15-5-9-25-10-6-15/h1-4,15,18,23H,5-10,12-14H2. The summed E-state index contributed by atoms with van der Waals surface area (Å²) in [6, 6.07) is 9.75. The van der Waals surface area contributed by atoms with Crippen molar-refractivity contribution in [2.24, 2.45) is 5.92 Å².